The average Bonchev–Trinajstić information content (AvgIpc) is 2.56. The molecule has 2 unspecified atom stereocenters. The normalized spacial score (nSPS) is 25.3. The lowest BCUT2D eigenvalue weighted by Gasteiger charge is -2.20. The van der Waals surface area contributed by atoms with Crippen molar-refractivity contribution in [2.24, 2.45) is 0 Å². The van der Waals surface area contributed by atoms with Crippen molar-refractivity contribution >= 4 is 15.9 Å². The van der Waals surface area contributed by atoms with Crippen molar-refractivity contribution in [1.29, 1.82) is 0 Å². The second-order valence-electron chi connectivity index (χ2n) is 4.76. The molecule has 2 atom stereocenters. The van der Waals surface area contributed by atoms with Gasteiger partial charge in [-0.1, -0.05) is 47.3 Å². The van der Waals surface area contributed by atoms with Gasteiger partial charge in [0, 0.05) is 4.83 Å². The van der Waals surface area contributed by atoms with Gasteiger partial charge in [0.25, 0.3) is 0 Å². The van der Waals surface area contributed by atoms with Crippen LogP contribution in [0.1, 0.15) is 50.5 Å². The van der Waals surface area contributed by atoms with Gasteiger partial charge in [-0.25, -0.2) is 0 Å². The summed E-state index contributed by atoms with van der Waals surface area (Å²) in [5.74, 6) is 1.66. The third-order valence-corrected chi connectivity index (χ3v) is 4.65. The van der Waals surface area contributed by atoms with Crippen LogP contribution >= 0.6 is 15.9 Å². The topological polar surface area (TPSA) is 9.23 Å². The number of rotatable bonds is 3. The molecule has 0 aromatic heterocycles. The van der Waals surface area contributed by atoms with Crippen LogP contribution < -0.4 is 4.74 Å². The molecule has 94 valence electrons. The maximum atomic E-state index is 5.49. The van der Waals surface area contributed by atoms with E-state index in [0.717, 1.165) is 12.4 Å². The average molecular weight is 297 g/mol. The lowest BCUT2D eigenvalue weighted by atomic mass is 9.92. The van der Waals surface area contributed by atoms with Gasteiger partial charge in [-0.2, -0.15) is 0 Å². The fraction of sp³-hybridized carbons (Fsp3) is 0.600. The number of hydrogen-bond donors (Lipinski definition) is 0. The number of hydrogen-bond acceptors (Lipinski definition) is 1. The number of alkyl halides is 1. The smallest absolute Gasteiger partial charge is 0.119 e. The molecule has 0 aliphatic heterocycles. The summed E-state index contributed by atoms with van der Waals surface area (Å²) >= 11 is 3.86. The summed E-state index contributed by atoms with van der Waals surface area (Å²) in [5.41, 5.74) is 1.46. The van der Waals surface area contributed by atoms with E-state index in [9.17, 15) is 0 Å². The zero-order valence-corrected chi connectivity index (χ0v) is 12.1. The van der Waals surface area contributed by atoms with Gasteiger partial charge >= 0.3 is 0 Å². The third-order valence-electron chi connectivity index (χ3n) is 3.55. The first kappa shape index (κ1) is 12.9. The Morgan fingerprint density at radius 3 is 2.53 bits per heavy atom. The Bertz CT molecular complexity index is 333. The molecular weight excluding hydrogens is 276 g/mol. The van der Waals surface area contributed by atoms with E-state index in [1.54, 1.807) is 0 Å². The van der Waals surface area contributed by atoms with Crippen LogP contribution in [0.5, 0.6) is 5.75 Å². The Morgan fingerprint density at radius 2 is 1.82 bits per heavy atom. The van der Waals surface area contributed by atoms with E-state index >= 15 is 0 Å². The molecule has 1 nitrogen and oxygen atoms in total. The lowest BCUT2D eigenvalue weighted by molar-refractivity contribution is 0.340. The molecule has 2 heteroatoms. The molecule has 1 aliphatic rings. The molecule has 0 spiro atoms. The Kier molecular flexibility index (Phi) is 4.90. The van der Waals surface area contributed by atoms with Crippen LogP contribution in [0.15, 0.2) is 24.3 Å². The van der Waals surface area contributed by atoms with Gasteiger partial charge in [0.2, 0.25) is 0 Å². The molecule has 1 saturated carbocycles. The molecule has 0 heterocycles. The van der Waals surface area contributed by atoms with Gasteiger partial charge in [-0.3, -0.25) is 0 Å². The molecule has 0 radical (unpaired) electrons. The lowest BCUT2D eigenvalue weighted by Crippen LogP contribution is -2.10. The summed E-state index contributed by atoms with van der Waals surface area (Å²) in [4.78, 5) is 0.642. The maximum absolute atomic E-state index is 5.49. The van der Waals surface area contributed by atoms with E-state index in [2.05, 4.69) is 40.2 Å². The highest BCUT2D eigenvalue weighted by atomic mass is 79.9. The van der Waals surface area contributed by atoms with Crippen LogP contribution in [-0.2, 0) is 0 Å². The fourth-order valence-corrected chi connectivity index (χ4v) is 3.51. The number of halogens is 1. The molecule has 2 rings (SSSR count). The van der Waals surface area contributed by atoms with Crippen molar-refractivity contribution in [1.82, 2.24) is 0 Å². The van der Waals surface area contributed by atoms with Gasteiger partial charge in [0.15, 0.2) is 0 Å². The zero-order valence-electron chi connectivity index (χ0n) is 10.5. The first-order valence-electron chi connectivity index (χ1n) is 6.68. The predicted octanol–water partition coefficient (Wildman–Crippen LogP) is 4.90. The summed E-state index contributed by atoms with van der Waals surface area (Å²) in [6.07, 6.45) is 6.72. The molecule has 0 N–H and O–H groups in total. The van der Waals surface area contributed by atoms with Crippen LogP contribution in [-0.4, -0.2) is 11.4 Å². The molecular formula is C15H21BrO. The molecule has 0 amide bonds. The van der Waals surface area contributed by atoms with E-state index < -0.39 is 0 Å². The molecule has 0 bridgehead atoms. The van der Waals surface area contributed by atoms with Gasteiger partial charge in [-0.05, 0) is 43.4 Å². The van der Waals surface area contributed by atoms with Crippen LogP contribution in [0, 0.1) is 0 Å². The minimum absolute atomic E-state index is 0.642. The predicted molar refractivity (Wildman–Crippen MR) is 76.2 cm³/mol. The largest absolute Gasteiger partial charge is 0.494 e. The van der Waals surface area contributed by atoms with Crippen molar-refractivity contribution in [3.63, 3.8) is 0 Å². The van der Waals surface area contributed by atoms with E-state index in [-0.39, 0.29) is 0 Å². The van der Waals surface area contributed by atoms with Crippen LogP contribution in [0.3, 0.4) is 0 Å². The van der Waals surface area contributed by atoms with E-state index in [4.69, 9.17) is 4.74 Å². The first-order chi connectivity index (χ1) is 8.31. The molecule has 1 aromatic rings. The Balaban J connectivity index is 2.09. The molecule has 0 saturated heterocycles. The Hall–Kier alpha value is -0.500. The van der Waals surface area contributed by atoms with Crippen molar-refractivity contribution < 1.29 is 4.74 Å². The zero-order chi connectivity index (χ0) is 12.1. The number of ether oxygens (including phenoxy) is 1. The van der Waals surface area contributed by atoms with Crippen molar-refractivity contribution in [3.05, 3.63) is 29.8 Å². The van der Waals surface area contributed by atoms with Crippen molar-refractivity contribution in [2.75, 3.05) is 6.61 Å². The van der Waals surface area contributed by atoms with Gasteiger partial charge in [-0.15, -0.1) is 0 Å². The minimum atomic E-state index is 0.642. The maximum Gasteiger partial charge on any atom is 0.119 e. The van der Waals surface area contributed by atoms with Crippen LogP contribution in [0.25, 0.3) is 0 Å². The highest BCUT2D eigenvalue weighted by molar-refractivity contribution is 9.09. The monoisotopic (exact) mass is 296 g/mol. The van der Waals surface area contributed by atoms with E-state index in [1.165, 1.54) is 37.7 Å². The SMILES string of the molecule is CCOc1ccc(C2CCCCCC2Br)cc1. The molecule has 1 fully saturated rings. The summed E-state index contributed by atoms with van der Waals surface area (Å²) in [7, 11) is 0. The second-order valence-corrected chi connectivity index (χ2v) is 5.94. The summed E-state index contributed by atoms with van der Waals surface area (Å²) < 4.78 is 5.49. The van der Waals surface area contributed by atoms with E-state index in [0.29, 0.717) is 10.7 Å². The van der Waals surface area contributed by atoms with Crippen molar-refractivity contribution in [2.45, 2.75) is 49.8 Å². The van der Waals surface area contributed by atoms with Crippen LogP contribution in [0.4, 0.5) is 0 Å². The quantitative estimate of drug-likeness (QED) is 0.570. The molecule has 1 aromatic carbocycles. The summed E-state index contributed by atoms with van der Waals surface area (Å²) in [5, 5.41) is 0. The standard InChI is InChI=1S/C15H21BrO/c1-2-17-13-10-8-12(9-11-13)14-6-4-3-5-7-15(14)16/h8-11,14-15H,2-7H2,1H3. The second kappa shape index (κ2) is 6.44. The molecule has 1 aliphatic carbocycles. The Morgan fingerprint density at radius 1 is 1.12 bits per heavy atom. The highest BCUT2D eigenvalue weighted by Gasteiger charge is 2.22. The third kappa shape index (κ3) is 3.48. The van der Waals surface area contributed by atoms with Crippen LogP contribution in [0.2, 0.25) is 0 Å². The fourth-order valence-electron chi connectivity index (χ4n) is 2.62. The summed E-state index contributed by atoms with van der Waals surface area (Å²) in [6.45, 7) is 2.76. The van der Waals surface area contributed by atoms with Gasteiger partial charge in [0.1, 0.15) is 5.75 Å². The first-order valence-corrected chi connectivity index (χ1v) is 7.59. The Labute approximate surface area is 113 Å². The highest BCUT2D eigenvalue weighted by Crippen LogP contribution is 2.36. The minimum Gasteiger partial charge on any atom is -0.494 e. The van der Waals surface area contributed by atoms with E-state index in [1.807, 2.05) is 6.92 Å². The summed E-state index contributed by atoms with van der Waals surface area (Å²) in [6, 6.07) is 8.66. The van der Waals surface area contributed by atoms with Gasteiger partial charge in [0.05, 0.1) is 6.61 Å². The number of benzene rings is 1. The molecule has 17 heavy (non-hydrogen) atoms. The van der Waals surface area contributed by atoms with Crippen molar-refractivity contribution in [3.8, 4) is 5.75 Å². The van der Waals surface area contributed by atoms with Gasteiger partial charge < -0.3 is 4.74 Å².